The van der Waals surface area contributed by atoms with Crippen LogP contribution in [-0.4, -0.2) is 63.1 Å². The summed E-state index contributed by atoms with van der Waals surface area (Å²) in [7, 11) is 0. The number of nitrogens with one attached hydrogen (secondary N) is 2. The molecule has 170 valence electrons. The minimum atomic E-state index is -1.42. The number of amides is 3. The summed E-state index contributed by atoms with van der Waals surface area (Å²) in [6.45, 7) is 0. The Bertz CT molecular complexity index is 812. The Morgan fingerprint density at radius 3 is 1.97 bits per heavy atom. The van der Waals surface area contributed by atoms with Crippen LogP contribution in [0.15, 0.2) is 24.3 Å². The van der Waals surface area contributed by atoms with Gasteiger partial charge < -0.3 is 37.4 Å². The molecule has 0 saturated carbocycles. The molecule has 0 radical (unpaired) electrons. The molecular formula is C19H26N4O8. The molecule has 0 heterocycles. The number of carbonyl (C=O) groups is 5. The first kappa shape index (κ1) is 25.4. The molecule has 0 unspecified atom stereocenters. The lowest BCUT2D eigenvalue weighted by Crippen LogP contribution is -2.55. The highest BCUT2D eigenvalue weighted by molar-refractivity contribution is 5.92. The van der Waals surface area contributed by atoms with Crippen molar-refractivity contribution < 1.29 is 39.3 Å². The Hall–Kier alpha value is -3.67. The van der Waals surface area contributed by atoms with E-state index in [1.54, 1.807) is 0 Å². The molecule has 3 atom stereocenters. The summed E-state index contributed by atoms with van der Waals surface area (Å²) < 4.78 is 0. The fourth-order valence-electron chi connectivity index (χ4n) is 2.58. The van der Waals surface area contributed by atoms with Gasteiger partial charge in [-0.1, -0.05) is 12.1 Å². The van der Waals surface area contributed by atoms with Crippen molar-refractivity contribution in [2.75, 3.05) is 0 Å². The molecule has 12 nitrogen and oxygen atoms in total. The second kappa shape index (κ2) is 12.1. The van der Waals surface area contributed by atoms with E-state index >= 15 is 0 Å². The number of phenols is 1. The number of carboxylic acids is 2. The van der Waals surface area contributed by atoms with Crippen LogP contribution >= 0.6 is 0 Å². The minimum absolute atomic E-state index is 0.0122. The molecule has 1 rings (SSSR count). The van der Waals surface area contributed by atoms with Crippen LogP contribution in [0.3, 0.4) is 0 Å². The fourth-order valence-corrected chi connectivity index (χ4v) is 2.58. The molecular weight excluding hydrogens is 412 g/mol. The van der Waals surface area contributed by atoms with Crippen molar-refractivity contribution in [3.63, 3.8) is 0 Å². The maximum atomic E-state index is 12.7. The minimum Gasteiger partial charge on any atom is -0.508 e. The number of rotatable bonds is 13. The Balaban J connectivity index is 2.96. The van der Waals surface area contributed by atoms with E-state index in [0.717, 1.165) is 0 Å². The molecule has 0 fully saturated rings. The fraction of sp³-hybridized carbons (Fsp3) is 0.421. The van der Waals surface area contributed by atoms with Gasteiger partial charge in [0.25, 0.3) is 0 Å². The van der Waals surface area contributed by atoms with E-state index in [9.17, 15) is 34.2 Å². The van der Waals surface area contributed by atoms with Gasteiger partial charge in [-0.3, -0.25) is 19.2 Å². The Morgan fingerprint density at radius 1 is 0.871 bits per heavy atom. The predicted octanol–water partition coefficient (Wildman–Crippen LogP) is -1.55. The molecule has 0 aliphatic carbocycles. The first-order chi connectivity index (χ1) is 14.5. The molecule has 0 bridgehead atoms. The second-order valence-corrected chi connectivity index (χ2v) is 6.88. The molecule has 1 aromatic rings. The van der Waals surface area contributed by atoms with Crippen molar-refractivity contribution in [2.24, 2.45) is 11.5 Å². The zero-order valence-corrected chi connectivity index (χ0v) is 16.6. The zero-order valence-electron chi connectivity index (χ0n) is 16.6. The van der Waals surface area contributed by atoms with Gasteiger partial charge in [0.05, 0.1) is 6.04 Å². The number of aliphatic carboxylic acids is 2. The molecule has 0 spiro atoms. The van der Waals surface area contributed by atoms with Gasteiger partial charge >= 0.3 is 11.9 Å². The van der Waals surface area contributed by atoms with Crippen molar-refractivity contribution in [3.8, 4) is 5.75 Å². The van der Waals surface area contributed by atoms with Crippen LogP contribution in [-0.2, 0) is 30.4 Å². The van der Waals surface area contributed by atoms with Gasteiger partial charge in [-0.2, -0.15) is 0 Å². The maximum absolute atomic E-state index is 12.7. The Labute approximate surface area is 177 Å². The van der Waals surface area contributed by atoms with Crippen LogP contribution in [0.2, 0.25) is 0 Å². The number of nitrogens with two attached hydrogens (primary N) is 2. The summed E-state index contributed by atoms with van der Waals surface area (Å²) in [5, 5.41) is 32.0. The second-order valence-electron chi connectivity index (χ2n) is 6.88. The monoisotopic (exact) mass is 438 g/mol. The summed E-state index contributed by atoms with van der Waals surface area (Å²) in [6.07, 6.45) is -1.09. The number of benzene rings is 1. The van der Waals surface area contributed by atoms with Gasteiger partial charge in [0.15, 0.2) is 0 Å². The van der Waals surface area contributed by atoms with Crippen LogP contribution in [0.4, 0.5) is 0 Å². The van der Waals surface area contributed by atoms with Crippen LogP contribution in [0, 0.1) is 0 Å². The third-order valence-corrected chi connectivity index (χ3v) is 4.31. The zero-order chi connectivity index (χ0) is 23.6. The third-order valence-electron chi connectivity index (χ3n) is 4.31. The molecule has 3 amide bonds. The van der Waals surface area contributed by atoms with E-state index in [2.05, 4.69) is 10.6 Å². The number of phenolic OH excluding ortho intramolecular Hbond substituents is 1. The van der Waals surface area contributed by atoms with Crippen LogP contribution < -0.4 is 22.1 Å². The smallest absolute Gasteiger partial charge is 0.326 e. The van der Waals surface area contributed by atoms with Crippen molar-refractivity contribution in [1.29, 1.82) is 0 Å². The molecule has 1 aromatic carbocycles. The summed E-state index contributed by atoms with van der Waals surface area (Å²) in [4.78, 5) is 58.0. The van der Waals surface area contributed by atoms with Gasteiger partial charge in [-0.05, 0) is 30.5 Å². The number of carboxylic acid groups (broad SMARTS) is 2. The number of hydrogen-bond donors (Lipinski definition) is 7. The molecule has 0 aliphatic rings. The van der Waals surface area contributed by atoms with Gasteiger partial charge in [0.1, 0.15) is 17.8 Å². The molecule has 0 saturated heterocycles. The average molecular weight is 438 g/mol. The van der Waals surface area contributed by atoms with Crippen LogP contribution in [0.25, 0.3) is 0 Å². The Kier molecular flexibility index (Phi) is 9.92. The summed E-state index contributed by atoms with van der Waals surface area (Å²) in [6, 6.07) is 1.90. The van der Waals surface area contributed by atoms with Gasteiger partial charge in [0, 0.05) is 19.3 Å². The van der Waals surface area contributed by atoms with Crippen LogP contribution in [0.5, 0.6) is 5.75 Å². The van der Waals surface area contributed by atoms with E-state index in [1.165, 1.54) is 24.3 Å². The lowest BCUT2D eigenvalue weighted by molar-refractivity contribution is -0.142. The normalized spacial score (nSPS) is 13.5. The highest BCUT2D eigenvalue weighted by atomic mass is 16.4. The van der Waals surface area contributed by atoms with E-state index in [1.807, 2.05) is 0 Å². The third kappa shape index (κ3) is 9.58. The molecule has 12 heteroatoms. The van der Waals surface area contributed by atoms with E-state index < -0.39 is 47.8 Å². The quantitative estimate of drug-likeness (QED) is 0.189. The highest BCUT2D eigenvalue weighted by Crippen LogP contribution is 2.12. The van der Waals surface area contributed by atoms with Gasteiger partial charge in [-0.25, -0.2) is 4.79 Å². The molecule has 0 aliphatic heterocycles. The maximum Gasteiger partial charge on any atom is 0.326 e. The average Bonchev–Trinajstić information content (AvgIpc) is 2.69. The van der Waals surface area contributed by atoms with E-state index in [-0.39, 0.29) is 37.9 Å². The predicted molar refractivity (Wildman–Crippen MR) is 107 cm³/mol. The van der Waals surface area contributed by atoms with Crippen molar-refractivity contribution >= 4 is 29.7 Å². The van der Waals surface area contributed by atoms with E-state index in [4.69, 9.17) is 16.6 Å². The molecule has 9 N–H and O–H groups in total. The standard InChI is InChI=1S/C19H26N4O8/c20-12(5-8-16(26)27)17(28)23-14(9-10-1-3-11(24)4-2-10)18(29)22-13(19(30)31)6-7-15(21)25/h1-4,12-14,24H,5-9,20H2,(H2,21,25)(H,22,29)(H,23,28)(H,26,27)(H,30,31)/t12-,13-,14-/m0/s1. The molecule has 0 aromatic heterocycles. The van der Waals surface area contributed by atoms with E-state index in [0.29, 0.717) is 5.56 Å². The van der Waals surface area contributed by atoms with Gasteiger partial charge in [-0.15, -0.1) is 0 Å². The number of carbonyl (C=O) groups excluding carboxylic acids is 3. The molecule has 31 heavy (non-hydrogen) atoms. The van der Waals surface area contributed by atoms with Crippen LogP contribution in [0.1, 0.15) is 31.2 Å². The lowest BCUT2D eigenvalue weighted by Gasteiger charge is -2.23. The number of primary amides is 1. The Morgan fingerprint density at radius 2 is 1.45 bits per heavy atom. The summed E-state index contributed by atoms with van der Waals surface area (Å²) >= 11 is 0. The number of hydrogen-bond acceptors (Lipinski definition) is 7. The van der Waals surface area contributed by atoms with Crippen molar-refractivity contribution in [2.45, 2.75) is 50.2 Å². The highest BCUT2D eigenvalue weighted by Gasteiger charge is 2.28. The van der Waals surface area contributed by atoms with Crippen molar-refractivity contribution in [3.05, 3.63) is 29.8 Å². The first-order valence-electron chi connectivity index (χ1n) is 9.36. The van der Waals surface area contributed by atoms with Crippen molar-refractivity contribution in [1.82, 2.24) is 10.6 Å². The topological polar surface area (TPSA) is 222 Å². The number of aromatic hydroxyl groups is 1. The van der Waals surface area contributed by atoms with Gasteiger partial charge in [0.2, 0.25) is 17.7 Å². The summed E-state index contributed by atoms with van der Waals surface area (Å²) in [5.74, 6) is -4.91. The summed E-state index contributed by atoms with van der Waals surface area (Å²) in [5.41, 5.74) is 11.2. The lowest BCUT2D eigenvalue weighted by atomic mass is 10.0. The SMILES string of the molecule is NC(=O)CC[C@H](NC(=O)[C@H](Cc1ccc(O)cc1)NC(=O)[C@@H](N)CCC(=O)O)C(=O)O. The largest absolute Gasteiger partial charge is 0.508 e. The first-order valence-corrected chi connectivity index (χ1v) is 9.36.